The summed E-state index contributed by atoms with van der Waals surface area (Å²) in [5.41, 5.74) is 2.71. The van der Waals surface area contributed by atoms with Gasteiger partial charge < -0.3 is 10.1 Å². The highest BCUT2D eigenvalue weighted by molar-refractivity contribution is 7.92. The molecule has 1 atom stereocenters. The van der Waals surface area contributed by atoms with Gasteiger partial charge in [0.25, 0.3) is 5.91 Å². The summed E-state index contributed by atoms with van der Waals surface area (Å²) in [4.78, 5) is 15.1. The maximum absolute atomic E-state index is 12.7. The zero-order valence-electron chi connectivity index (χ0n) is 17.1. The van der Waals surface area contributed by atoms with Crippen molar-refractivity contribution in [2.75, 3.05) is 30.2 Å². The number of likely N-dealkylation sites (tertiary alicyclic amines) is 1. The first-order valence-electron chi connectivity index (χ1n) is 10.2. The molecule has 0 saturated carbocycles. The molecule has 2 aromatic rings. The summed E-state index contributed by atoms with van der Waals surface area (Å²) in [5, 5.41) is 2.87. The van der Waals surface area contributed by atoms with Crippen LogP contribution in [0.15, 0.2) is 48.5 Å². The van der Waals surface area contributed by atoms with Gasteiger partial charge in [0, 0.05) is 13.1 Å². The Morgan fingerprint density at radius 3 is 2.43 bits per heavy atom. The van der Waals surface area contributed by atoms with Crippen LogP contribution in [0.4, 0.5) is 5.69 Å². The normalized spacial score (nSPS) is 19.2. The van der Waals surface area contributed by atoms with Crippen molar-refractivity contribution in [3.05, 3.63) is 59.7 Å². The molecule has 1 saturated heterocycles. The van der Waals surface area contributed by atoms with Crippen LogP contribution in [0.3, 0.4) is 0 Å². The van der Waals surface area contributed by atoms with Crippen molar-refractivity contribution >= 4 is 21.6 Å². The van der Waals surface area contributed by atoms with Crippen LogP contribution in [0, 0.1) is 0 Å². The fourth-order valence-corrected chi connectivity index (χ4v) is 4.83. The van der Waals surface area contributed by atoms with Crippen LogP contribution in [0.5, 0.6) is 5.75 Å². The third-order valence-electron chi connectivity index (χ3n) is 5.52. The molecular weight excluding hydrogens is 402 g/mol. The molecular formula is C22H27N3O4S. The molecule has 8 heteroatoms. The van der Waals surface area contributed by atoms with Crippen molar-refractivity contribution in [3.8, 4) is 5.75 Å². The number of anilines is 1. The number of nitrogens with one attached hydrogen (secondary N) is 1. The number of sulfonamides is 1. The molecule has 160 valence electrons. The molecule has 2 aliphatic rings. The lowest BCUT2D eigenvalue weighted by Crippen LogP contribution is -2.50. The summed E-state index contributed by atoms with van der Waals surface area (Å²) >= 11 is 0. The molecule has 1 unspecified atom stereocenters. The zero-order valence-corrected chi connectivity index (χ0v) is 17.9. The predicted molar refractivity (Wildman–Crippen MR) is 116 cm³/mol. The Morgan fingerprint density at radius 2 is 1.73 bits per heavy atom. The van der Waals surface area contributed by atoms with Crippen molar-refractivity contribution in [2.45, 2.75) is 32.0 Å². The highest BCUT2D eigenvalue weighted by Gasteiger charge is 2.34. The van der Waals surface area contributed by atoms with Crippen LogP contribution in [-0.4, -0.2) is 51.2 Å². The molecule has 0 spiro atoms. The fraction of sp³-hybridized carbons (Fsp3) is 0.409. The molecule has 0 radical (unpaired) electrons. The monoisotopic (exact) mass is 429 g/mol. The average molecular weight is 430 g/mol. The van der Waals surface area contributed by atoms with E-state index in [1.165, 1.54) is 22.7 Å². The van der Waals surface area contributed by atoms with Gasteiger partial charge in [-0.1, -0.05) is 36.4 Å². The Kier molecular flexibility index (Phi) is 5.97. The summed E-state index contributed by atoms with van der Waals surface area (Å²) in [6.45, 7) is 3.60. The van der Waals surface area contributed by atoms with Gasteiger partial charge in [0.1, 0.15) is 5.75 Å². The van der Waals surface area contributed by atoms with Crippen molar-refractivity contribution in [2.24, 2.45) is 0 Å². The van der Waals surface area contributed by atoms with Gasteiger partial charge in [-0.05, 0) is 49.2 Å². The molecule has 0 bridgehead atoms. The number of hydrogen-bond donors (Lipinski definition) is 1. The van der Waals surface area contributed by atoms with Gasteiger partial charge in [0.15, 0.2) is 6.10 Å². The number of fused-ring (bicyclic) bond motifs is 1. The van der Waals surface area contributed by atoms with Crippen molar-refractivity contribution in [3.63, 3.8) is 0 Å². The predicted octanol–water partition coefficient (Wildman–Crippen LogP) is 2.13. The highest BCUT2D eigenvalue weighted by Crippen LogP contribution is 2.34. The van der Waals surface area contributed by atoms with Gasteiger partial charge in [0.05, 0.1) is 18.5 Å². The number of amides is 1. The molecule has 2 aromatic carbocycles. The molecule has 2 aliphatic heterocycles. The zero-order chi connectivity index (χ0) is 21.1. The van der Waals surface area contributed by atoms with E-state index in [1.54, 1.807) is 24.3 Å². The lowest BCUT2D eigenvalue weighted by molar-refractivity contribution is -0.127. The molecule has 0 aliphatic carbocycles. The number of carbonyl (C=O) groups excluding carboxylic acids is 1. The number of hydrogen-bond acceptors (Lipinski definition) is 5. The largest absolute Gasteiger partial charge is 0.476 e. The van der Waals surface area contributed by atoms with E-state index < -0.39 is 16.1 Å². The van der Waals surface area contributed by atoms with Gasteiger partial charge >= 0.3 is 0 Å². The molecule has 2 heterocycles. The first-order valence-corrected chi connectivity index (χ1v) is 12.1. The van der Waals surface area contributed by atoms with E-state index in [2.05, 4.69) is 22.3 Å². The average Bonchev–Trinajstić information content (AvgIpc) is 3.24. The van der Waals surface area contributed by atoms with Crippen LogP contribution < -0.4 is 14.4 Å². The second-order valence-corrected chi connectivity index (χ2v) is 9.79. The number of rotatable bonds is 6. The Labute approximate surface area is 177 Å². The van der Waals surface area contributed by atoms with Gasteiger partial charge in [0.2, 0.25) is 10.0 Å². The minimum absolute atomic E-state index is 0.0452. The van der Waals surface area contributed by atoms with Gasteiger partial charge in [-0.25, -0.2) is 8.42 Å². The van der Waals surface area contributed by atoms with E-state index in [1.807, 2.05) is 12.1 Å². The second kappa shape index (κ2) is 8.65. The first kappa shape index (κ1) is 20.7. The quantitative estimate of drug-likeness (QED) is 0.761. The third-order valence-corrected chi connectivity index (χ3v) is 6.67. The molecule has 1 amide bonds. The number of benzene rings is 2. The van der Waals surface area contributed by atoms with Crippen molar-refractivity contribution < 1.29 is 17.9 Å². The molecule has 1 fully saturated rings. The lowest BCUT2D eigenvalue weighted by atomic mass is 10.1. The van der Waals surface area contributed by atoms with Crippen LogP contribution in [0.25, 0.3) is 0 Å². The molecule has 7 nitrogen and oxygen atoms in total. The smallest absolute Gasteiger partial charge is 0.263 e. The summed E-state index contributed by atoms with van der Waals surface area (Å²) in [5.74, 6) is 0.0555. The van der Waals surface area contributed by atoms with E-state index in [0.717, 1.165) is 31.5 Å². The maximum atomic E-state index is 12.7. The summed E-state index contributed by atoms with van der Waals surface area (Å²) in [7, 11) is -3.52. The standard InChI is InChI=1S/C22H27N3O4S/c1-30(27,28)25-16-21(29-20-7-3-2-6-19(20)25)22(26)23-14-17-8-10-18(11-9-17)15-24-12-4-5-13-24/h2-3,6-11,21H,4-5,12-16H2,1H3,(H,23,26). The summed E-state index contributed by atoms with van der Waals surface area (Å²) in [6, 6.07) is 15.1. The van der Waals surface area contributed by atoms with E-state index in [0.29, 0.717) is 18.0 Å². The topological polar surface area (TPSA) is 79.0 Å². The van der Waals surface area contributed by atoms with Crippen molar-refractivity contribution in [1.29, 1.82) is 0 Å². The van der Waals surface area contributed by atoms with E-state index >= 15 is 0 Å². The molecule has 30 heavy (non-hydrogen) atoms. The molecule has 4 rings (SSSR count). The Hall–Kier alpha value is -2.58. The fourth-order valence-electron chi connectivity index (χ4n) is 3.92. The lowest BCUT2D eigenvalue weighted by Gasteiger charge is -2.33. The number of ether oxygens (including phenoxy) is 1. The van der Waals surface area contributed by atoms with E-state index in [4.69, 9.17) is 4.74 Å². The Balaban J connectivity index is 1.37. The van der Waals surface area contributed by atoms with Crippen LogP contribution in [0.2, 0.25) is 0 Å². The number of carbonyl (C=O) groups is 1. The molecule has 0 aromatic heterocycles. The second-order valence-electron chi connectivity index (χ2n) is 7.89. The van der Waals surface area contributed by atoms with Crippen LogP contribution in [-0.2, 0) is 27.9 Å². The Morgan fingerprint density at radius 1 is 1.07 bits per heavy atom. The highest BCUT2D eigenvalue weighted by atomic mass is 32.2. The van der Waals surface area contributed by atoms with Crippen molar-refractivity contribution in [1.82, 2.24) is 10.2 Å². The SMILES string of the molecule is CS(=O)(=O)N1CC(C(=O)NCc2ccc(CN3CCCC3)cc2)Oc2ccccc21. The summed E-state index contributed by atoms with van der Waals surface area (Å²) in [6.07, 6.45) is 2.78. The van der Waals surface area contributed by atoms with Crippen LogP contribution in [0.1, 0.15) is 24.0 Å². The first-order chi connectivity index (χ1) is 14.4. The van der Waals surface area contributed by atoms with Gasteiger partial charge in [-0.2, -0.15) is 0 Å². The van der Waals surface area contributed by atoms with Gasteiger partial charge in [-0.3, -0.25) is 14.0 Å². The number of nitrogens with zero attached hydrogens (tertiary/aromatic N) is 2. The third kappa shape index (κ3) is 4.76. The minimum Gasteiger partial charge on any atom is -0.476 e. The molecule has 1 N–H and O–H groups in total. The Bertz CT molecular complexity index is 1000. The summed E-state index contributed by atoms with van der Waals surface area (Å²) < 4.78 is 31.4. The van der Waals surface area contributed by atoms with Crippen LogP contribution >= 0.6 is 0 Å². The van der Waals surface area contributed by atoms with Gasteiger partial charge in [-0.15, -0.1) is 0 Å². The minimum atomic E-state index is -3.52. The number of para-hydroxylation sites is 2. The maximum Gasteiger partial charge on any atom is 0.263 e. The van der Waals surface area contributed by atoms with E-state index in [-0.39, 0.29) is 12.5 Å². The van der Waals surface area contributed by atoms with E-state index in [9.17, 15) is 13.2 Å².